The van der Waals surface area contributed by atoms with Crippen LogP contribution in [0, 0.1) is 0 Å². The molecule has 1 aromatic heterocycles. The third kappa shape index (κ3) is 4.29. The van der Waals surface area contributed by atoms with Crippen LogP contribution in [0.25, 0.3) is 0 Å². The highest BCUT2D eigenvalue weighted by Gasteiger charge is 2.38. The first-order valence-electron chi connectivity index (χ1n) is 8.15. The van der Waals surface area contributed by atoms with Crippen molar-refractivity contribution in [3.63, 3.8) is 0 Å². The van der Waals surface area contributed by atoms with Gasteiger partial charge in [-0.1, -0.05) is 12.5 Å². The van der Waals surface area contributed by atoms with Crippen LogP contribution >= 0.6 is 23.7 Å². The van der Waals surface area contributed by atoms with Crippen molar-refractivity contribution in [2.24, 2.45) is 0 Å². The molecular formula is C15H24ClN3O3S2. The molecule has 0 aromatic carbocycles. The van der Waals surface area contributed by atoms with Crippen LogP contribution in [0.1, 0.15) is 32.1 Å². The van der Waals surface area contributed by atoms with Gasteiger partial charge in [-0.15, -0.1) is 23.7 Å². The normalized spacial score (nSPS) is 25.7. The zero-order chi connectivity index (χ0) is 16.3. The van der Waals surface area contributed by atoms with E-state index in [0.29, 0.717) is 17.2 Å². The monoisotopic (exact) mass is 393 g/mol. The van der Waals surface area contributed by atoms with E-state index < -0.39 is 16.1 Å². The van der Waals surface area contributed by atoms with E-state index in [1.807, 2.05) is 0 Å². The van der Waals surface area contributed by atoms with Crippen molar-refractivity contribution in [3.05, 3.63) is 17.5 Å². The number of piperidine rings is 2. The molecule has 2 saturated heterocycles. The second kappa shape index (κ2) is 8.62. The number of nitrogens with one attached hydrogen (secondary N) is 2. The Morgan fingerprint density at radius 1 is 1.29 bits per heavy atom. The van der Waals surface area contributed by atoms with Crippen molar-refractivity contribution in [1.29, 1.82) is 0 Å². The van der Waals surface area contributed by atoms with Gasteiger partial charge in [-0.2, -0.15) is 4.31 Å². The van der Waals surface area contributed by atoms with Gasteiger partial charge in [0, 0.05) is 19.1 Å². The topological polar surface area (TPSA) is 78.5 Å². The lowest BCUT2D eigenvalue weighted by molar-refractivity contribution is -0.126. The third-order valence-corrected chi connectivity index (χ3v) is 7.74. The van der Waals surface area contributed by atoms with Crippen LogP contribution in [-0.4, -0.2) is 50.3 Å². The highest BCUT2D eigenvalue weighted by Crippen LogP contribution is 2.28. The zero-order valence-corrected chi connectivity index (χ0v) is 15.9. The highest BCUT2D eigenvalue weighted by atomic mass is 35.5. The lowest BCUT2D eigenvalue weighted by atomic mass is 10.0. The number of carbonyl (C=O) groups excluding carboxylic acids is 1. The lowest BCUT2D eigenvalue weighted by Gasteiger charge is -2.34. The Bertz CT molecular complexity index is 630. The summed E-state index contributed by atoms with van der Waals surface area (Å²) in [6, 6.07) is 2.85. The maximum absolute atomic E-state index is 12.8. The van der Waals surface area contributed by atoms with Gasteiger partial charge in [0.15, 0.2) is 0 Å². The van der Waals surface area contributed by atoms with E-state index in [4.69, 9.17) is 0 Å². The SMILES string of the molecule is Cl.O=C(N[C@H]1CCCNC1)C1CCCCN1S(=O)(=O)c1cccs1. The standard InChI is InChI=1S/C15H23N3O3S2.ClH/c19-15(17-12-5-3-8-16-11-12)13-6-1-2-9-18(13)23(20,21)14-7-4-10-22-14;/h4,7,10,12-13,16H,1-3,5-6,8-9,11H2,(H,17,19);1H/t12-,13?;/m0./s1. The second-order valence-corrected chi connectivity index (χ2v) is 9.18. The van der Waals surface area contributed by atoms with E-state index in [-0.39, 0.29) is 24.4 Å². The van der Waals surface area contributed by atoms with Gasteiger partial charge in [0.25, 0.3) is 10.0 Å². The Morgan fingerprint density at radius 2 is 2.12 bits per heavy atom. The number of halogens is 1. The maximum Gasteiger partial charge on any atom is 0.253 e. The number of thiophene rings is 1. The summed E-state index contributed by atoms with van der Waals surface area (Å²) >= 11 is 1.20. The second-order valence-electron chi connectivity index (χ2n) is 6.11. The molecule has 0 spiro atoms. The van der Waals surface area contributed by atoms with Crippen LogP contribution in [-0.2, 0) is 14.8 Å². The molecule has 2 fully saturated rings. The molecule has 1 aromatic rings. The van der Waals surface area contributed by atoms with E-state index in [9.17, 15) is 13.2 Å². The average molecular weight is 394 g/mol. The molecule has 2 aliphatic rings. The van der Waals surface area contributed by atoms with E-state index >= 15 is 0 Å². The van der Waals surface area contributed by atoms with Crippen molar-refractivity contribution in [2.75, 3.05) is 19.6 Å². The Labute approximate surface area is 153 Å². The van der Waals surface area contributed by atoms with Gasteiger partial charge >= 0.3 is 0 Å². The summed E-state index contributed by atoms with van der Waals surface area (Å²) < 4.78 is 27.3. The summed E-state index contributed by atoms with van der Waals surface area (Å²) in [4.78, 5) is 12.7. The summed E-state index contributed by atoms with van der Waals surface area (Å²) in [6.45, 7) is 2.16. The van der Waals surface area contributed by atoms with Crippen LogP contribution in [0.5, 0.6) is 0 Å². The van der Waals surface area contributed by atoms with Crippen molar-refractivity contribution < 1.29 is 13.2 Å². The van der Waals surface area contributed by atoms with Crippen molar-refractivity contribution in [2.45, 2.75) is 48.4 Å². The summed E-state index contributed by atoms with van der Waals surface area (Å²) in [5, 5.41) is 8.04. The van der Waals surface area contributed by atoms with Gasteiger partial charge in [0.05, 0.1) is 0 Å². The molecule has 2 atom stereocenters. The van der Waals surface area contributed by atoms with Crippen molar-refractivity contribution in [1.82, 2.24) is 14.9 Å². The molecule has 0 aliphatic carbocycles. The average Bonchev–Trinajstić information content (AvgIpc) is 3.11. The molecule has 3 rings (SSSR count). The summed E-state index contributed by atoms with van der Waals surface area (Å²) in [7, 11) is -3.58. The lowest BCUT2D eigenvalue weighted by Crippen LogP contribution is -2.55. The van der Waals surface area contributed by atoms with Gasteiger partial charge < -0.3 is 10.6 Å². The van der Waals surface area contributed by atoms with Crippen molar-refractivity contribution in [3.8, 4) is 0 Å². The van der Waals surface area contributed by atoms with Crippen LogP contribution in [0.15, 0.2) is 21.7 Å². The van der Waals surface area contributed by atoms with Gasteiger partial charge in [-0.05, 0) is 43.7 Å². The number of amides is 1. The first-order chi connectivity index (χ1) is 11.1. The number of hydrogen-bond acceptors (Lipinski definition) is 5. The zero-order valence-electron chi connectivity index (χ0n) is 13.4. The molecule has 24 heavy (non-hydrogen) atoms. The summed E-state index contributed by atoms with van der Waals surface area (Å²) in [5.74, 6) is -0.154. The summed E-state index contributed by atoms with van der Waals surface area (Å²) in [5.41, 5.74) is 0. The predicted molar refractivity (Wildman–Crippen MR) is 97.1 cm³/mol. The Balaban J connectivity index is 0.00000208. The summed E-state index contributed by atoms with van der Waals surface area (Å²) in [6.07, 6.45) is 4.27. The number of carbonyl (C=O) groups is 1. The van der Waals surface area contributed by atoms with Crippen LogP contribution in [0.3, 0.4) is 0 Å². The van der Waals surface area contributed by atoms with Gasteiger partial charge in [0.2, 0.25) is 5.91 Å². The molecule has 0 radical (unpaired) electrons. The number of rotatable bonds is 4. The Morgan fingerprint density at radius 3 is 2.79 bits per heavy atom. The molecule has 136 valence electrons. The highest BCUT2D eigenvalue weighted by molar-refractivity contribution is 7.91. The molecule has 3 heterocycles. The van der Waals surface area contributed by atoms with Crippen molar-refractivity contribution >= 4 is 39.7 Å². The van der Waals surface area contributed by atoms with Gasteiger partial charge in [0.1, 0.15) is 10.3 Å². The molecule has 2 aliphatic heterocycles. The third-order valence-electron chi connectivity index (χ3n) is 4.46. The van der Waals surface area contributed by atoms with E-state index in [1.165, 1.54) is 15.6 Å². The number of nitrogens with zero attached hydrogens (tertiary/aromatic N) is 1. The molecule has 1 unspecified atom stereocenters. The fourth-order valence-corrected chi connectivity index (χ4v) is 6.03. The molecule has 0 saturated carbocycles. The number of sulfonamides is 1. The van der Waals surface area contributed by atoms with Crippen LogP contribution in [0.2, 0.25) is 0 Å². The molecular weight excluding hydrogens is 370 g/mol. The van der Waals surface area contributed by atoms with E-state index in [1.54, 1.807) is 17.5 Å². The first-order valence-corrected chi connectivity index (χ1v) is 10.5. The molecule has 1 amide bonds. The van der Waals surface area contributed by atoms with Gasteiger partial charge in [-0.3, -0.25) is 4.79 Å². The minimum Gasteiger partial charge on any atom is -0.351 e. The number of hydrogen-bond donors (Lipinski definition) is 2. The fraction of sp³-hybridized carbons (Fsp3) is 0.667. The van der Waals surface area contributed by atoms with E-state index in [2.05, 4.69) is 10.6 Å². The molecule has 6 nitrogen and oxygen atoms in total. The predicted octanol–water partition coefficient (Wildman–Crippen LogP) is 1.58. The quantitative estimate of drug-likeness (QED) is 0.814. The Hall–Kier alpha value is -0.670. The molecule has 0 bridgehead atoms. The smallest absolute Gasteiger partial charge is 0.253 e. The van der Waals surface area contributed by atoms with Crippen LogP contribution in [0.4, 0.5) is 0 Å². The molecule has 2 N–H and O–H groups in total. The minimum atomic E-state index is -3.58. The minimum absolute atomic E-state index is 0. The molecule has 9 heteroatoms. The maximum atomic E-state index is 12.8. The van der Waals surface area contributed by atoms with Gasteiger partial charge in [-0.25, -0.2) is 8.42 Å². The largest absolute Gasteiger partial charge is 0.351 e. The fourth-order valence-electron chi connectivity index (χ4n) is 3.25. The van der Waals surface area contributed by atoms with E-state index in [0.717, 1.165) is 38.8 Å². The van der Waals surface area contributed by atoms with Crippen LogP contribution < -0.4 is 10.6 Å². The first kappa shape index (κ1) is 19.7. The Kier molecular flexibility index (Phi) is 7.06.